The third-order valence-electron chi connectivity index (χ3n) is 4.20. The SMILES string of the molecule is O=C(COC(=O)c1ccc(N2CCCS2(=O)=O)cc1)Nc1ccccc1[N+](=O)[O-]. The first-order valence-electron chi connectivity index (χ1n) is 8.59. The number of para-hydroxylation sites is 2. The highest BCUT2D eigenvalue weighted by Gasteiger charge is 2.28. The molecule has 0 unspecified atom stereocenters. The normalized spacial score (nSPS) is 15.0. The van der Waals surface area contributed by atoms with Gasteiger partial charge in [-0.05, 0) is 36.8 Å². The van der Waals surface area contributed by atoms with Gasteiger partial charge in [0.15, 0.2) is 6.61 Å². The van der Waals surface area contributed by atoms with E-state index in [2.05, 4.69) is 5.32 Å². The molecule has 152 valence electrons. The first-order valence-corrected chi connectivity index (χ1v) is 10.2. The zero-order valence-electron chi connectivity index (χ0n) is 15.1. The summed E-state index contributed by atoms with van der Waals surface area (Å²) in [7, 11) is -3.32. The number of nitro benzene ring substituents is 1. The zero-order valence-corrected chi connectivity index (χ0v) is 15.9. The largest absolute Gasteiger partial charge is 0.452 e. The number of esters is 1. The van der Waals surface area contributed by atoms with Crippen LogP contribution in [-0.2, 0) is 19.6 Å². The molecule has 0 radical (unpaired) electrons. The number of hydrogen-bond donors (Lipinski definition) is 1. The highest BCUT2D eigenvalue weighted by atomic mass is 32.2. The number of benzene rings is 2. The first-order chi connectivity index (χ1) is 13.8. The Morgan fingerprint density at radius 3 is 2.45 bits per heavy atom. The number of nitrogens with one attached hydrogen (secondary N) is 1. The van der Waals surface area contributed by atoms with Crippen LogP contribution < -0.4 is 9.62 Å². The molecule has 1 N–H and O–H groups in total. The van der Waals surface area contributed by atoms with Crippen LogP contribution in [0.1, 0.15) is 16.8 Å². The Balaban J connectivity index is 1.58. The summed E-state index contributed by atoms with van der Waals surface area (Å²) in [5.41, 5.74) is 0.311. The second-order valence-corrected chi connectivity index (χ2v) is 8.20. The Hall–Kier alpha value is -3.47. The molecule has 11 heteroatoms. The van der Waals surface area contributed by atoms with Crippen molar-refractivity contribution in [2.24, 2.45) is 0 Å². The summed E-state index contributed by atoms with van der Waals surface area (Å²) < 4.78 is 30.0. The number of carbonyl (C=O) groups excluding carboxylic acids is 2. The summed E-state index contributed by atoms with van der Waals surface area (Å²) in [5, 5.41) is 13.3. The van der Waals surface area contributed by atoms with Gasteiger partial charge in [0.05, 0.1) is 21.9 Å². The highest BCUT2D eigenvalue weighted by Crippen LogP contribution is 2.25. The molecule has 3 rings (SSSR count). The van der Waals surface area contributed by atoms with Crippen molar-refractivity contribution in [3.8, 4) is 0 Å². The third-order valence-corrected chi connectivity index (χ3v) is 6.07. The maximum atomic E-state index is 12.1. The second kappa shape index (κ2) is 8.27. The first kappa shape index (κ1) is 20.3. The summed E-state index contributed by atoms with van der Waals surface area (Å²) in [6, 6.07) is 11.4. The third kappa shape index (κ3) is 4.69. The number of ether oxygens (including phenoxy) is 1. The van der Waals surface area contributed by atoms with E-state index in [-0.39, 0.29) is 22.7 Å². The molecule has 1 fully saturated rings. The van der Waals surface area contributed by atoms with Gasteiger partial charge >= 0.3 is 5.97 Å². The average Bonchev–Trinajstić information content (AvgIpc) is 3.05. The topological polar surface area (TPSA) is 136 Å². The van der Waals surface area contributed by atoms with Crippen molar-refractivity contribution in [3.05, 3.63) is 64.2 Å². The lowest BCUT2D eigenvalue weighted by atomic mass is 10.2. The number of nitrogens with zero attached hydrogens (tertiary/aromatic N) is 2. The number of carbonyl (C=O) groups is 2. The van der Waals surface area contributed by atoms with Gasteiger partial charge in [0.25, 0.3) is 11.6 Å². The second-order valence-electron chi connectivity index (χ2n) is 6.19. The standard InChI is InChI=1S/C18H17N3O7S/c22-17(19-15-4-1-2-5-16(15)21(24)25)12-28-18(23)13-6-8-14(9-7-13)20-10-3-11-29(20,26)27/h1-2,4-9H,3,10-12H2,(H,19,22). The van der Waals surface area contributed by atoms with Gasteiger partial charge < -0.3 is 10.1 Å². The molecule has 0 saturated carbocycles. The molecule has 0 bridgehead atoms. The van der Waals surface area contributed by atoms with Gasteiger partial charge in [-0.2, -0.15) is 0 Å². The molecule has 0 spiro atoms. The Labute approximate surface area is 166 Å². The fraction of sp³-hybridized carbons (Fsp3) is 0.222. The maximum Gasteiger partial charge on any atom is 0.338 e. The van der Waals surface area contributed by atoms with E-state index >= 15 is 0 Å². The van der Waals surface area contributed by atoms with E-state index in [0.717, 1.165) is 0 Å². The predicted octanol–water partition coefficient (Wildman–Crippen LogP) is 1.93. The van der Waals surface area contributed by atoms with Gasteiger partial charge in [0, 0.05) is 12.6 Å². The lowest BCUT2D eigenvalue weighted by Crippen LogP contribution is -2.25. The number of hydrogen-bond acceptors (Lipinski definition) is 7. The zero-order chi connectivity index (χ0) is 21.0. The summed E-state index contributed by atoms with van der Waals surface area (Å²) in [4.78, 5) is 34.3. The molecule has 1 aliphatic rings. The molecule has 2 aromatic carbocycles. The van der Waals surface area contributed by atoms with Gasteiger partial charge in [-0.15, -0.1) is 0 Å². The molecule has 1 saturated heterocycles. The Kier molecular flexibility index (Phi) is 5.78. The molecule has 1 amide bonds. The van der Waals surface area contributed by atoms with Crippen molar-refractivity contribution in [3.63, 3.8) is 0 Å². The van der Waals surface area contributed by atoms with Crippen LogP contribution in [-0.4, -0.2) is 44.1 Å². The van der Waals surface area contributed by atoms with Crippen LogP contribution in [0, 0.1) is 10.1 Å². The van der Waals surface area contributed by atoms with Crippen LogP contribution in [0.2, 0.25) is 0 Å². The monoisotopic (exact) mass is 419 g/mol. The quantitative estimate of drug-likeness (QED) is 0.429. The van der Waals surface area contributed by atoms with Crippen molar-refractivity contribution in [1.82, 2.24) is 0 Å². The minimum Gasteiger partial charge on any atom is -0.452 e. The van der Waals surface area contributed by atoms with Gasteiger partial charge in [-0.1, -0.05) is 12.1 Å². The Bertz CT molecular complexity index is 1050. The summed E-state index contributed by atoms with van der Waals surface area (Å²) in [6.07, 6.45) is 0.542. The molecule has 1 aliphatic heterocycles. The molecule has 29 heavy (non-hydrogen) atoms. The van der Waals surface area contributed by atoms with Crippen molar-refractivity contribution in [2.75, 3.05) is 28.5 Å². The lowest BCUT2D eigenvalue weighted by Gasteiger charge is -2.16. The summed E-state index contributed by atoms with van der Waals surface area (Å²) in [5.74, 6) is -1.42. The molecule has 10 nitrogen and oxygen atoms in total. The van der Waals surface area contributed by atoms with Gasteiger partial charge in [0.1, 0.15) is 5.69 Å². The van der Waals surface area contributed by atoms with Crippen LogP contribution in [0.5, 0.6) is 0 Å². The smallest absolute Gasteiger partial charge is 0.338 e. The number of anilines is 2. The molecule has 0 atom stereocenters. The number of sulfonamides is 1. The van der Waals surface area contributed by atoms with E-state index in [1.807, 2.05) is 0 Å². The molecular formula is C18H17N3O7S. The van der Waals surface area contributed by atoms with Crippen LogP contribution in [0.3, 0.4) is 0 Å². The number of amides is 1. The van der Waals surface area contributed by atoms with Crippen molar-refractivity contribution in [1.29, 1.82) is 0 Å². The average molecular weight is 419 g/mol. The van der Waals surface area contributed by atoms with E-state index in [1.165, 1.54) is 52.8 Å². The Morgan fingerprint density at radius 1 is 1.14 bits per heavy atom. The van der Waals surface area contributed by atoms with Gasteiger partial charge in [-0.25, -0.2) is 13.2 Å². The Morgan fingerprint density at radius 2 is 1.83 bits per heavy atom. The van der Waals surface area contributed by atoms with Crippen LogP contribution in [0.25, 0.3) is 0 Å². The summed E-state index contributed by atoms with van der Waals surface area (Å²) >= 11 is 0. The summed E-state index contributed by atoms with van der Waals surface area (Å²) in [6.45, 7) is -0.245. The van der Waals surface area contributed by atoms with E-state index in [0.29, 0.717) is 18.7 Å². The maximum absolute atomic E-state index is 12.1. The molecule has 2 aromatic rings. The predicted molar refractivity (Wildman–Crippen MR) is 104 cm³/mol. The highest BCUT2D eigenvalue weighted by molar-refractivity contribution is 7.93. The molecule has 0 aliphatic carbocycles. The van der Waals surface area contributed by atoms with E-state index in [4.69, 9.17) is 4.74 Å². The van der Waals surface area contributed by atoms with Crippen molar-refractivity contribution >= 4 is 39.0 Å². The van der Waals surface area contributed by atoms with Gasteiger partial charge in [-0.3, -0.25) is 19.2 Å². The molecular weight excluding hydrogens is 402 g/mol. The van der Waals surface area contributed by atoms with Gasteiger partial charge in [0.2, 0.25) is 10.0 Å². The molecule has 0 aromatic heterocycles. The van der Waals surface area contributed by atoms with Crippen molar-refractivity contribution in [2.45, 2.75) is 6.42 Å². The van der Waals surface area contributed by atoms with Crippen LogP contribution in [0.15, 0.2) is 48.5 Å². The minimum atomic E-state index is -3.32. The van der Waals surface area contributed by atoms with E-state index in [9.17, 15) is 28.1 Å². The number of nitro groups is 1. The lowest BCUT2D eigenvalue weighted by molar-refractivity contribution is -0.383. The fourth-order valence-corrected chi connectivity index (χ4v) is 4.40. The van der Waals surface area contributed by atoms with Crippen LogP contribution >= 0.6 is 0 Å². The minimum absolute atomic E-state index is 0.00488. The molecule has 1 heterocycles. The number of rotatable bonds is 6. The fourth-order valence-electron chi connectivity index (χ4n) is 2.83. The van der Waals surface area contributed by atoms with Crippen molar-refractivity contribution < 1.29 is 27.7 Å². The van der Waals surface area contributed by atoms with Crippen LogP contribution in [0.4, 0.5) is 17.1 Å². The van der Waals surface area contributed by atoms with E-state index < -0.39 is 33.4 Å². The van der Waals surface area contributed by atoms with E-state index in [1.54, 1.807) is 0 Å².